The summed E-state index contributed by atoms with van der Waals surface area (Å²) in [5.74, 6) is 0.395. The number of ether oxygens (including phenoxy) is 2. The van der Waals surface area contributed by atoms with Gasteiger partial charge in [0.05, 0.1) is 37.6 Å². The van der Waals surface area contributed by atoms with Gasteiger partial charge in [-0.2, -0.15) is 0 Å². The molecule has 2 N–H and O–H groups in total. The first-order valence-corrected chi connectivity index (χ1v) is 11.2. The molecule has 1 amide bonds. The van der Waals surface area contributed by atoms with Gasteiger partial charge in [0, 0.05) is 13.0 Å². The normalized spacial score (nSPS) is 13.5. The molecule has 1 aliphatic heterocycles. The Morgan fingerprint density at radius 1 is 1.09 bits per heavy atom. The van der Waals surface area contributed by atoms with Crippen LogP contribution in [0.2, 0.25) is 0 Å². The average Bonchev–Trinajstić information content (AvgIpc) is 3.46. The van der Waals surface area contributed by atoms with Crippen molar-refractivity contribution in [2.75, 3.05) is 20.8 Å². The van der Waals surface area contributed by atoms with Crippen molar-refractivity contribution in [3.63, 3.8) is 0 Å². The van der Waals surface area contributed by atoms with Crippen LogP contribution < -0.4 is 9.47 Å². The van der Waals surface area contributed by atoms with Gasteiger partial charge in [0.25, 0.3) is 5.89 Å². The Morgan fingerprint density at radius 2 is 1.82 bits per heavy atom. The van der Waals surface area contributed by atoms with E-state index >= 15 is 0 Å². The summed E-state index contributed by atoms with van der Waals surface area (Å²) in [5.41, 5.74) is 1.28. The zero-order valence-electron chi connectivity index (χ0n) is 19.5. The molecular formula is C24H28N4O6. The number of methoxy groups -OCH3 is 2. The second kappa shape index (κ2) is 9.98. The molecule has 4 rings (SSSR count). The quantitative estimate of drug-likeness (QED) is 0.482. The Kier molecular flexibility index (Phi) is 6.85. The molecule has 0 atom stereocenters. The van der Waals surface area contributed by atoms with E-state index in [1.165, 1.54) is 14.2 Å². The zero-order valence-corrected chi connectivity index (χ0v) is 19.5. The van der Waals surface area contributed by atoms with Crippen LogP contribution in [0.4, 0.5) is 0 Å². The summed E-state index contributed by atoms with van der Waals surface area (Å²) < 4.78 is 16.8. The summed E-state index contributed by atoms with van der Waals surface area (Å²) in [7, 11) is 3.05. The van der Waals surface area contributed by atoms with Crippen LogP contribution in [0.1, 0.15) is 44.2 Å². The molecule has 3 aromatic rings. The number of aromatic nitrogens is 3. The van der Waals surface area contributed by atoms with Crippen molar-refractivity contribution in [3.05, 3.63) is 29.8 Å². The number of unbranched alkanes of at least 4 members (excludes halogenated alkanes) is 1. The van der Waals surface area contributed by atoms with Crippen LogP contribution >= 0.6 is 0 Å². The maximum absolute atomic E-state index is 11.9. The molecule has 0 aliphatic carbocycles. The van der Waals surface area contributed by atoms with Crippen LogP contribution in [-0.2, 0) is 17.8 Å². The molecule has 10 nitrogen and oxygen atoms in total. The molecule has 1 fully saturated rings. The third-order valence-corrected chi connectivity index (χ3v) is 5.85. The monoisotopic (exact) mass is 468 g/mol. The van der Waals surface area contributed by atoms with Gasteiger partial charge >= 0.3 is 0 Å². The highest BCUT2D eigenvalue weighted by atomic mass is 16.5. The van der Waals surface area contributed by atoms with Crippen LogP contribution in [0.3, 0.4) is 0 Å². The summed E-state index contributed by atoms with van der Waals surface area (Å²) >= 11 is 0. The number of carbonyl (C=O) groups is 1. The molecule has 34 heavy (non-hydrogen) atoms. The SMILES string of the molecule is CCCCc1nc(O)c(-c2nnc(CN3CCCC3=O)o2)c(O)c1-c1c(OC)cccc1OC. The van der Waals surface area contributed by atoms with Gasteiger partial charge in [-0.1, -0.05) is 19.4 Å². The van der Waals surface area contributed by atoms with Gasteiger partial charge in [0.15, 0.2) is 0 Å². The van der Waals surface area contributed by atoms with Crippen LogP contribution in [0.15, 0.2) is 22.6 Å². The molecule has 0 bridgehead atoms. The summed E-state index contributed by atoms with van der Waals surface area (Å²) in [6.45, 7) is 2.84. The smallest absolute Gasteiger partial charge is 0.257 e. The first-order chi connectivity index (χ1) is 16.5. The fourth-order valence-electron chi connectivity index (χ4n) is 4.14. The lowest BCUT2D eigenvalue weighted by Crippen LogP contribution is -2.23. The van der Waals surface area contributed by atoms with Crippen LogP contribution in [0.25, 0.3) is 22.6 Å². The minimum Gasteiger partial charge on any atom is -0.506 e. The lowest BCUT2D eigenvalue weighted by molar-refractivity contribution is -0.128. The molecule has 2 aromatic heterocycles. The van der Waals surface area contributed by atoms with Crippen LogP contribution in [-0.4, -0.2) is 57.0 Å². The van der Waals surface area contributed by atoms with E-state index in [0.717, 1.165) is 19.3 Å². The maximum Gasteiger partial charge on any atom is 0.257 e. The van der Waals surface area contributed by atoms with E-state index in [0.29, 0.717) is 47.7 Å². The average molecular weight is 469 g/mol. The largest absolute Gasteiger partial charge is 0.506 e. The minimum atomic E-state index is -0.423. The predicted molar refractivity (Wildman–Crippen MR) is 123 cm³/mol. The van der Waals surface area contributed by atoms with Crippen molar-refractivity contribution in [2.24, 2.45) is 0 Å². The van der Waals surface area contributed by atoms with Crippen molar-refractivity contribution in [2.45, 2.75) is 45.6 Å². The third kappa shape index (κ3) is 4.35. The molecule has 180 valence electrons. The standard InChI is InChI=1S/C24H28N4O6/c1-4-5-8-14-19(20-15(32-2)9-6-10-16(20)33-3)22(30)21(23(31)25-14)24-27-26-17(34-24)13-28-12-7-11-18(28)29/h6,9-10H,4-5,7-8,11-13H2,1-3H3,(H2,25,30,31). The molecular weight excluding hydrogens is 440 g/mol. The zero-order chi connectivity index (χ0) is 24.2. The summed E-state index contributed by atoms with van der Waals surface area (Å²) in [5, 5.41) is 30.2. The predicted octanol–water partition coefficient (Wildman–Crippen LogP) is 3.69. The second-order valence-electron chi connectivity index (χ2n) is 8.04. The number of carbonyl (C=O) groups excluding carboxylic acids is 1. The highest BCUT2D eigenvalue weighted by molar-refractivity contribution is 5.88. The van der Waals surface area contributed by atoms with Gasteiger partial charge < -0.3 is 29.0 Å². The van der Waals surface area contributed by atoms with E-state index in [9.17, 15) is 15.0 Å². The number of nitrogens with zero attached hydrogens (tertiary/aromatic N) is 4. The Labute approximate surface area is 197 Å². The van der Waals surface area contributed by atoms with E-state index in [1.807, 2.05) is 6.92 Å². The molecule has 0 unspecified atom stereocenters. The lowest BCUT2D eigenvalue weighted by atomic mass is 9.95. The number of likely N-dealkylation sites (tertiary alicyclic amines) is 1. The number of aromatic hydroxyl groups is 2. The topological polar surface area (TPSA) is 131 Å². The van der Waals surface area contributed by atoms with Crippen molar-refractivity contribution < 1.29 is 28.9 Å². The van der Waals surface area contributed by atoms with Gasteiger partial charge in [0.1, 0.15) is 22.8 Å². The van der Waals surface area contributed by atoms with E-state index in [2.05, 4.69) is 15.2 Å². The minimum absolute atomic E-state index is 0.0259. The number of amides is 1. The first kappa shape index (κ1) is 23.3. The molecule has 0 saturated carbocycles. The van der Waals surface area contributed by atoms with E-state index in [4.69, 9.17) is 13.9 Å². The Balaban J connectivity index is 1.85. The van der Waals surface area contributed by atoms with E-state index < -0.39 is 5.88 Å². The summed E-state index contributed by atoms with van der Waals surface area (Å²) in [4.78, 5) is 18.0. The highest BCUT2D eigenvalue weighted by Gasteiger charge is 2.29. The second-order valence-corrected chi connectivity index (χ2v) is 8.04. The van der Waals surface area contributed by atoms with Gasteiger partial charge in [-0.3, -0.25) is 4.79 Å². The van der Waals surface area contributed by atoms with Crippen LogP contribution in [0.5, 0.6) is 23.1 Å². The highest BCUT2D eigenvalue weighted by Crippen LogP contribution is 2.49. The van der Waals surface area contributed by atoms with Gasteiger partial charge in [-0.25, -0.2) is 4.98 Å². The molecule has 0 radical (unpaired) electrons. The van der Waals surface area contributed by atoms with Crippen molar-refractivity contribution in [3.8, 4) is 45.7 Å². The van der Waals surface area contributed by atoms with Crippen LogP contribution in [0, 0.1) is 0 Å². The van der Waals surface area contributed by atoms with E-state index in [1.54, 1.807) is 23.1 Å². The number of aryl methyl sites for hydroxylation is 1. The molecule has 1 saturated heterocycles. The Bertz CT molecular complexity index is 1170. The maximum atomic E-state index is 11.9. The number of pyridine rings is 1. The van der Waals surface area contributed by atoms with E-state index in [-0.39, 0.29) is 35.5 Å². The third-order valence-electron chi connectivity index (χ3n) is 5.85. The molecule has 0 spiro atoms. The Morgan fingerprint density at radius 3 is 2.44 bits per heavy atom. The molecule has 1 aromatic carbocycles. The fraction of sp³-hybridized carbons (Fsp3) is 0.417. The number of benzene rings is 1. The van der Waals surface area contributed by atoms with Gasteiger partial charge in [-0.15, -0.1) is 10.2 Å². The van der Waals surface area contributed by atoms with Gasteiger partial charge in [0.2, 0.25) is 17.7 Å². The Hall–Kier alpha value is -3.82. The number of rotatable bonds is 9. The fourth-order valence-corrected chi connectivity index (χ4v) is 4.14. The summed E-state index contributed by atoms with van der Waals surface area (Å²) in [6, 6.07) is 5.29. The first-order valence-electron chi connectivity index (χ1n) is 11.2. The summed E-state index contributed by atoms with van der Waals surface area (Å²) in [6.07, 6.45) is 3.49. The lowest BCUT2D eigenvalue weighted by Gasteiger charge is -2.18. The number of hydrogen-bond acceptors (Lipinski definition) is 9. The van der Waals surface area contributed by atoms with Gasteiger partial charge in [-0.05, 0) is 31.4 Å². The molecule has 1 aliphatic rings. The van der Waals surface area contributed by atoms with Crippen molar-refractivity contribution in [1.82, 2.24) is 20.1 Å². The van der Waals surface area contributed by atoms with Crippen molar-refractivity contribution >= 4 is 5.91 Å². The number of hydrogen-bond donors (Lipinski definition) is 2. The molecule has 3 heterocycles. The molecule has 10 heteroatoms. The van der Waals surface area contributed by atoms with Crippen molar-refractivity contribution in [1.29, 1.82) is 0 Å².